The van der Waals surface area contributed by atoms with Crippen molar-refractivity contribution in [3.63, 3.8) is 0 Å². The molecule has 1 aliphatic carbocycles. The van der Waals surface area contributed by atoms with E-state index in [0.29, 0.717) is 5.92 Å². The maximum Gasteiger partial charge on any atom is -0.0206 e. The third-order valence-electron chi connectivity index (χ3n) is 3.45. The standard InChI is InChI=1S/C13H23/c1-5-11(4)13-8-6-12(7-9-13)10(2)3/h8,10-12H,4-7,9H2,1-3H3. The molecule has 0 spiro atoms. The Kier molecular flexibility index (Phi) is 4.02. The molecule has 0 amide bonds. The lowest BCUT2D eigenvalue weighted by atomic mass is 9.79. The van der Waals surface area contributed by atoms with Gasteiger partial charge in [0.15, 0.2) is 0 Å². The van der Waals surface area contributed by atoms with Gasteiger partial charge in [0.25, 0.3) is 0 Å². The van der Waals surface area contributed by atoms with Crippen molar-refractivity contribution in [3.05, 3.63) is 18.6 Å². The SMILES string of the molecule is [CH2]C(CC)C1=CCC(C(C)C)CC1. The Balaban J connectivity index is 2.47. The predicted molar refractivity (Wildman–Crippen MR) is 59.4 cm³/mol. The zero-order chi connectivity index (χ0) is 9.84. The second kappa shape index (κ2) is 4.83. The van der Waals surface area contributed by atoms with Gasteiger partial charge in [0.05, 0.1) is 0 Å². The molecule has 0 bridgehead atoms. The highest BCUT2D eigenvalue weighted by molar-refractivity contribution is 5.11. The van der Waals surface area contributed by atoms with E-state index in [1.165, 1.54) is 25.7 Å². The molecule has 0 aromatic carbocycles. The number of rotatable bonds is 3. The Morgan fingerprint density at radius 3 is 2.62 bits per heavy atom. The summed E-state index contributed by atoms with van der Waals surface area (Å²) in [5, 5.41) is 0. The van der Waals surface area contributed by atoms with Crippen molar-refractivity contribution in [1.82, 2.24) is 0 Å². The second-order valence-electron chi connectivity index (χ2n) is 4.66. The third kappa shape index (κ3) is 2.86. The molecule has 0 aromatic rings. The summed E-state index contributed by atoms with van der Waals surface area (Å²) in [4.78, 5) is 0. The van der Waals surface area contributed by atoms with E-state index in [1.54, 1.807) is 5.57 Å². The summed E-state index contributed by atoms with van der Waals surface area (Å²) in [5.74, 6) is 2.35. The molecule has 0 saturated heterocycles. The van der Waals surface area contributed by atoms with Gasteiger partial charge < -0.3 is 0 Å². The lowest BCUT2D eigenvalue weighted by Crippen LogP contribution is -2.14. The number of hydrogen-bond donors (Lipinski definition) is 0. The zero-order valence-corrected chi connectivity index (χ0v) is 9.34. The van der Waals surface area contributed by atoms with Gasteiger partial charge in [0.1, 0.15) is 0 Å². The monoisotopic (exact) mass is 179 g/mol. The van der Waals surface area contributed by atoms with E-state index in [-0.39, 0.29) is 0 Å². The van der Waals surface area contributed by atoms with Crippen LogP contribution in [0.15, 0.2) is 11.6 Å². The van der Waals surface area contributed by atoms with E-state index in [0.717, 1.165) is 11.8 Å². The summed E-state index contributed by atoms with van der Waals surface area (Å²) in [5.41, 5.74) is 1.61. The quantitative estimate of drug-likeness (QED) is 0.569. The summed E-state index contributed by atoms with van der Waals surface area (Å²) in [6, 6.07) is 0. The lowest BCUT2D eigenvalue weighted by Gasteiger charge is -2.27. The minimum atomic E-state index is 0.577. The number of hydrogen-bond acceptors (Lipinski definition) is 0. The van der Waals surface area contributed by atoms with Crippen LogP contribution < -0.4 is 0 Å². The molecule has 0 heterocycles. The van der Waals surface area contributed by atoms with Gasteiger partial charge in [0, 0.05) is 0 Å². The van der Waals surface area contributed by atoms with Gasteiger partial charge in [-0.1, -0.05) is 32.4 Å². The third-order valence-corrected chi connectivity index (χ3v) is 3.45. The van der Waals surface area contributed by atoms with Gasteiger partial charge in [-0.05, 0) is 50.4 Å². The van der Waals surface area contributed by atoms with Crippen LogP contribution >= 0.6 is 0 Å². The highest BCUT2D eigenvalue weighted by Gasteiger charge is 2.19. The Morgan fingerprint density at radius 1 is 1.54 bits per heavy atom. The maximum absolute atomic E-state index is 4.18. The Morgan fingerprint density at radius 2 is 2.23 bits per heavy atom. The minimum absolute atomic E-state index is 0.577. The van der Waals surface area contributed by atoms with Crippen LogP contribution in [0, 0.1) is 24.7 Å². The summed E-state index contributed by atoms with van der Waals surface area (Å²) in [7, 11) is 0. The molecule has 0 fully saturated rings. The van der Waals surface area contributed by atoms with Crippen LogP contribution in [0.2, 0.25) is 0 Å². The van der Waals surface area contributed by atoms with E-state index in [9.17, 15) is 0 Å². The lowest BCUT2D eigenvalue weighted by molar-refractivity contribution is 0.344. The van der Waals surface area contributed by atoms with Crippen LogP contribution in [0.5, 0.6) is 0 Å². The topological polar surface area (TPSA) is 0 Å². The average molecular weight is 179 g/mol. The van der Waals surface area contributed by atoms with Crippen LogP contribution in [0.1, 0.15) is 46.5 Å². The summed E-state index contributed by atoms with van der Waals surface area (Å²) in [6.07, 6.45) is 7.62. The minimum Gasteiger partial charge on any atom is -0.0848 e. The average Bonchev–Trinajstić information content (AvgIpc) is 2.17. The second-order valence-corrected chi connectivity index (χ2v) is 4.66. The van der Waals surface area contributed by atoms with Gasteiger partial charge in [-0.15, -0.1) is 0 Å². The molecule has 0 aromatic heterocycles. The van der Waals surface area contributed by atoms with Gasteiger partial charge >= 0.3 is 0 Å². The first-order valence-electron chi connectivity index (χ1n) is 5.67. The molecule has 2 unspecified atom stereocenters. The molecular weight excluding hydrogens is 156 g/mol. The normalized spacial score (nSPS) is 25.9. The Bertz CT molecular complexity index is 176. The van der Waals surface area contributed by atoms with Crippen molar-refractivity contribution in [2.24, 2.45) is 17.8 Å². The largest absolute Gasteiger partial charge is 0.0848 e. The van der Waals surface area contributed by atoms with Crippen molar-refractivity contribution in [1.29, 1.82) is 0 Å². The fraction of sp³-hybridized carbons (Fsp3) is 0.769. The van der Waals surface area contributed by atoms with Gasteiger partial charge in [-0.3, -0.25) is 0 Å². The van der Waals surface area contributed by atoms with E-state index in [1.807, 2.05) is 0 Å². The van der Waals surface area contributed by atoms with Crippen LogP contribution in [-0.2, 0) is 0 Å². The summed E-state index contributed by atoms with van der Waals surface area (Å²) >= 11 is 0. The molecule has 1 aliphatic rings. The Hall–Kier alpha value is -0.260. The molecule has 0 saturated carbocycles. The molecule has 0 nitrogen and oxygen atoms in total. The molecule has 0 N–H and O–H groups in total. The molecule has 1 radical (unpaired) electrons. The molecule has 0 heteroatoms. The maximum atomic E-state index is 4.18. The fourth-order valence-electron chi connectivity index (χ4n) is 2.11. The molecule has 0 aliphatic heterocycles. The van der Waals surface area contributed by atoms with E-state index in [2.05, 4.69) is 33.8 Å². The van der Waals surface area contributed by atoms with Crippen LogP contribution in [-0.4, -0.2) is 0 Å². The first kappa shape index (κ1) is 10.8. The predicted octanol–water partition coefficient (Wildman–Crippen LogP) is 4.23. The van der Waals surface area contributed by atoms with E-state index < -0.39 is 0 Å². The highest BCUT2D eigenvalue weighted by Crippen LogP contribution is 2.32. The van der Waals surface area contributed by atoms with E-state index in [4.69, 9.17) is 0 Å². The first-order valence-corrected chi connectivity index (χ1v) is 5.67. The highest BCUT2D eigenvalue weighted by atomic mass is 14.2. The molecule has 75 valence electrons. The van der Waals surface area contributed by atoms with Crippen LogP contribution in [0.25, 0.3) is 0 Å². The van der Waals surface area contributed by atoms with Crippen molar-refractivity contribution >= 4 is 0 Å². The van der Waals surface area contributed by atoms with E-state index >= 15 is 0 Å². The van der Waals surface area contributed by atoms with Crippen molar-refractivity contribution in [3.8, 4) is 0 Å². The molecule has 13 heavy (non-hydrogen) atoms. The van der Waals surface area contributed by atoms with Crippen molar-refractivity contribution in [2.75, 3.05) is 0 Å². The molecule has 1 rings (SSSR count). The summed E-state index contributed by atoms with van der Waals surface area (Å²) < 4.78 is 0. The number of allylic oxidation sites excluding steroid dienone is 2. The molecule has 2 atom stereocenters. The summed E-state index contributed by atoms with van der Waals surface area (Å²) in [6.45, 7) is 11.1. The van der Waals surface area contributed by atoms with Gasteiger partial charge in [-0.2, -0.15) is 0 Å². The van der Waals surface area contributed by atoms with Crippen molar-refractivity contribution in [2.45, 2.75) is 46.5 Å². The zero-order valence-electron chi connectivity index (χ0n) is 9.34. The van der Waals surface area contributed by atoms with Crippen molar-refractivity contribution < 1.29 is 0 Å². The van der Waals surface area contributed by atoms with Crippen LogP contribution in [0.3, 0.4) is 0 Å². The van der Waals surface area contributed by atoms with Crippen LogP contribution in [0.4, 0.5) is 0 Å². The first-order chi connectivity index (χ1) is 6.15. The molecular formula is C13H23. The van der Waals surface area contributed by atoms with Gasteiger partial charge in [-0.25, -0.2) is 0 Å². The van der Waals surface area contributed by atoms with Gasteiger partial charge in [0.2, 0.25) is 0 Å². The fourth-order valence-corrected chi connectivity index (χ4v) is 2.11. The Labute approximate surface area is 83.4 Å². The smallest absolute Gasteiger partial charge is 0.0206 e.